The number of oxazole rings is 1. The lowest BCUT2D eigenvalue weighted by molar-refractivity contribution is 0.0955. The third-order valence-corrected chi connectivity index (χ3v) is 5.32. The first-order chi connectivity index (χ1) is 13.5. The molecule has 1 aromatic carbocycles. The van der Waals surface area contributed by atoms with E-state index in [0.29, 0.717) is 6.54 Å². The molecule has 1 aliphatic carbocycles. The van der Waals surface area contributed by atoms with Gasteiger partial charge in [0.25, 0.3) is 0 Å². The van der Waals surface area contributed by atoms with E-state index in [1.807, 2.05) is 0 Å². The number of rotatable bonds is 6. The number of aromatic nitrogens is 1. The zero-order valence-corrected chi connectivity index (χ0v) is 15.9. The Morgan fingerprint density at radius 2 is 2.04 bits per heavy atom. The highest BCUT2D eigenvalue weighted by Crippen LogP contribution is 2.26. The summed E-state index contributed by atoms with van der Waals surface area (Å²) in [5.74, 6) is -1.37. The maximum absolute atomic E-state index is 14.0. The molecule has 2 heterocycles. The van der Waals surface area contributed by atoms with Gasteiger partial charge in [0.15, 0.2) is 11.6 Å². The number of carbonyl (C=O) groups excluding carboxylic acids is 2. The smallest absolute Gasteiger partial charge is 0.246 e. The van der Waals surface area contributed by atoms with Crippen LogP contribution in [0.1, 0.15) is 45.3 Å². The number of fused-ring (bicyclic) bond motifs is 1. The molecular formula is C20H19ClFN3O3. The molecule has 146 valence electrons. The van der Waals surface area contributed by atoms with Gasteiger partial charge in [-0.2, -0.15) is 0 Å². The molecule has 0 saturated carbocycles. The van der Waals surface area contributed by atoms with Gasteiger partial charge in [0.05, 0.1) is 12.1 Å². The molecule has 1 aromatic heterocycles. The van der Waals surface area contributed by atoms with Crippen molar-refractivity contribution < 1.29 is 18.4 Å². The number of nitrogens with zero attached hydrogens (tertiary/aromatic N) is 2. The molecule has 1 aliphatic heterocycles. The second kappa shape index (κ2) is 7.85. The minimum absolute atomic E-state index is 0.0439. The molecule has 8 heteroatoms. The normalized spacial score (nSPS) is 17.0. The first kappa shape index (κ1) is 18.8. The lowest BCUT2D eigenvalue weighted by atomic mass is 10.0. The number of hydrogen-bond donors (Lipinski definition) is 1. The second-order valence-corrected chi connectivity index (χ2v) is 7.30. The number of likely N-dealkylation sites (tertiary alicyclic amines) is 1. The van der Waals surface area contributed by atoms with Crippen LogP contribution in [0.2, 0.25) is 5.02 Å². The minimum Gasteiger partial charge on any atom is -0.436 e. The standard InChI is InChI=1S/C20H19ClFN3O3/c21-13-4-3-5-14(22)12(13)10-17-24-18-16(26)11-15(19(27)20(18)28-17)23-6-9-25-7-1-2-8-25/h3-5,11,23H,1-2,6-10H2. The predicted octanol–water partition coefficient (Wildman–Crippen LogP) is 3.01. The molecule has 1 fully saturated rings. The van der Waals surface area contributed by atoms with Gasteiger partial charge >= 0.3 is 0 Å². The Morgan fingerprint density at radius 1 is 1.25 bits per heavy atom. The average Bonchev–Trinajstić information content (AvgIpc) is 3.32. The van der Waals surface area contributed by atoms with Crippen molar-refractivity contribution in [2.24, 2.45) is 0 Å². The molecule has 1 N–H and O–H groups in total. The summed E-state index contributed by atoms with van der Waals surface area (Å²) < 4.78 is 19.5. The molecule has 1 saturated heterocycles. The van der Waals surface area contributed by atoms with Gasteiger partial charge in [-0.3, -0.25) is 9.59 Å². The van der Waals surface area contributed by atoms with Crippen molar-refractivity contribution in [3.63, 3.8) is 0 Å². The Bertz CT molecular complexity index is 943. The van der Waals surface area contributed by atoms with Crippen molar-refractivity contribution in [3.8, 4) is 0 Å². The topological polar surface area (TPSA) is 75.4 Å². The number of halogens is 2. The molecule has 28 heavy (non-hydrogen) atoms. The summed E-state index contributed by atoms with van der Waals surface area (Å²) in [7, 11) is 0. The van der Waals surface area contributed by atoms with Crippen molar-refractivity contribution in [2.45, 2.75) is 19.3 Å². The van der Waals surface area contributed by atoms with Crippen LogP contribution in [0.3, 0.4) is 0 Å². The van der Waals surface area contributed by atoms with E-state index in [2.05, 4.69) is 15.2 Å². The van der Waals surface area contributed by atoms with E-state index in [1.165, 1.54) is 31.1 Å². The molecular weight excluding hydrogens is 385 g/mol. The lowest BCUT2D eigenvalue weighted by Gasteiger charge is -2.17. The molecule has 2 aliphatic rings. The quantitative estimate of drug-likeness (QED) is 0.799. The van der Waals surface area contributed by atoms with Crippen LogP contribution in [0.25, 0.3) is 0 Å². The second-order valence-electron chi connectivity index (χ2n) is 6.89. The SMILES string of the molecule is O=C1C=C(NCCN2CCCC2)C(=O)c2oc(Cc3c(F)cccc3Cl)nc21. The Labute approximate surface area is 166 Å². The van der Waals surface area contributed by atoms with E-state index in [9.17, 15) is 14.0 Å². The Balaban J connectivity index is 1.48. The van der Waals surface area contributed by atoms with Crippen LogP contribution < -0.4 is 5.32 Å². The van der Waals surface area contributed by atoms with Gasteiger partial charge in [-0.25, -0.2) is 9.37 Å². The fraction of sp³-hybridized carbons (Fsp3) is 0.350. The number of Topliss-reactive ketones (excluding diaryl/α,β-unsaturated/α-hetero) is 1. The van der Waals surface area contributed by atoms with Gasteiger partial charge in [-0.1, -0.05) is 17.7 Å². The van der Waals surface area contributed by atoms with E-state index < -0.39 is 17.4 Å². The highest BCUT2D eigenvalue weighted by Gasteiger charge is 2.32. The predicted molar refractivity (Wildman–Crippen MR) is 101 cm³/mol. The van der Waals surface area contributed by atoms with E-state index in [-0.39, 0.29) is 40.0 Å². The van der Waals surface area contributed by atoms with E-state index in [0.717, 1.165) is 19.6 Å². The van der Waals surface area contributed by atoms with Crippen LogP contribution in [0.5, 0.6) is 0 Å². The Hall–Kier alpha value is -2.51. The third kappa shape index (κ3) is 3.72. The van der Waals surface area contributed by atoms with Crippen molar-refractivity contribution in [1.82, 2.24) is 15.2 Å². The summed E-state index contributed by atoms with van der Waals surface area (Å²) in [6.45, 7) is 3.48. The molecule has 2 aromatic rings. The van der Waals surface area contributed by atoms with Gasteiger partial charge < -0.3 is 14.6 Å². The summed E-state index contributed by atoms with van der Waals surface area (Å²) in [6.07, 6.45) is 3.58. The lowest BCUT2D eigenvalue weighted by Crippen LogP contribution is -2.33. The maximum Gasteiger partial charge on any atom is 0.246 e. The Kier molecular flexibility index (Phi) is 5.28. The van der Waals surface area contributed by atoms with Gasteiger partial charge in [0, 0.05) is 29.8 Å². The third-order valence-electron chi connectivity index (χ3n) is 4.96. The van der Waals surface area contributed by atoms with Gasteiger partial charge in [-0.05, 0) is 38.1 Å². The van der Waals surface area contributed by atoms with Crippen molar-refractivity contribution >= 4 is 23.2 Å². The maximum atomic E-state index is 14.0. The van der Waals surface area contributed by atoms with Crippen LogP contribution in [-0.4, -0.2) is 47.6 Å². The monoisotopic (exact) mass is 403 g/mol. The summed E-state index contributed by atoms with van der Waals surface area (Å²) in [4.78, 5) is 31.4. The van der Waals surface area contributed by atoms with E-state index >= 15 is 0 Å². The number of nitrogens with one attached hydrogen (secondary N) is 1. The van der Waals surface area contributed by atoms with Crippen LogP contribution in [0.15, 0.2) is 34.4 Å². The summed E-state index contributed by atoms with van der Waals surface area (Å²) in [5, 5.41) is 3.26. The van der Waals surface area contributed by atoms with Crippen molar-refractivity contribution in [2.75, 3.05) is 26.2 Å². The number of allylic oxidation sites excluding steroid dienone is 2. The molecule has 0 bridgehead atoms. The number of ketones is 2. The highest BCUT2D eigenvalue weighted by atomic mass is 35.5. The van der Waals surface area contributed by atoms with Crippen LogP contribution in [0.4, 0.5) is 4.39 Å². The molecule has 0 atom stereocenters. The van der Waals surface area contributed by atoms with Crippen LogP contribution in [0, 0.1) is 5.82 Å². The molecule has 6 nitrogen and oxygen atoms in total. The molecule has 0 spiro atoms. The largest absolute Gasteiger partial charge is 0.436 e. The van der Waals surface area contributed by atoms with Crippen molar-refractivity contribution in [3.05, 3.63) is 63.7 Å². The molecule has 4 rings (SSSR count). The van der Waals surface area contributed by atoms with Crippen LogP contribution >= 0.6 is 11.6 Å². The van der Waals surface area contributed by atoms with E-state index in [1.54, 1.807) is 6.07 Å². The summed E-state index contributed by atoms with van der Waals surface area (Å²) >= 11 is 6.03. The van der Waals surface area contributed by atoms with Gasteiger partial charge in [0.2, 0.25) is 17.3 Å². The first-order valence-electron chi connectivity index (χ1n) is 9.22. The molecule has 0 unspecified atom stereocenters. The van der Waals surface area contributed by atoms with E-state index in [4.69, 9.17) is 16.0 Å². The summed E-state index contributed by atoms with van der Waals surface area (Å²) in [6, 6.07) is 4.34. The number of hydrogen-bond acceptors (Lipinski definition) is 6. The Morgan fingerprint density at radius 3 is 2.79 bits per heavy atom. The molecule has 0 radical (unpaired) electrons. The first-order valence-corrected chi connectivity index (χ1v) is 9.60. The zero-order valence-electron chi connectivity index (χ0n) is 15.1. The van der Waals surface area contributed by atoms with Crippen molar-refractivity contribution in [1.29, 1.82) is 0 Å². The highest BCUT2D eigenvalue weighted by molar-refractivity contribution is 6.31. The van der Waals surface area contributed by atoms with Gasteiger partial charge in [-0.15, -0.1) is 0 Å². The fourth-order valence-corrected chi connectivity index (χ4v) is 3.72. The number of benzene rings is 1. The number of carbonyl (C=O) groups is 2. The zero-order chi connectivity index (χ0) is 19.7. The van der Waals surface area contributed by atoms with Gasteiger partial charge in [0.1, 0.15) is 5.82 Å². The molecule has 0 amide bonds. The fourth-order valence-electron chi connectivity index (χ4n) is 3.49. The summed E-state index contributed by atoms with van der Waals surface area (Å²) in [5.41, 5.74) is 0.362. The average molecular weight is 404 g/mol. The van der Waals surface area contributed by atoms with Crippen LogP contribution in [-0.2, 0) is 6.42 Å². The minimum atomic E-state index is -0.497.